The van der Waals surface area contributed by atoms with Gasteiger partial charge < -0.3 is 19.9 Å². The molecule has 1 unspecified atom stereocenters. The van der Waals surface area contributed by atoms with E-state index in [9.17, 15) is 0 Å². The number of guanidine groups is 1. The number of rotatable bonds is 4. The molecule has 1 aromatic heterocycles. The van der Waals surface area contributed by atoms with Crippen molar-refractivity contribution in [2.75, 3.05) is 13.6 Å². The van der Waals surface area contributed by atoms with E-state index in [1.807, 2.05) is 18.2 Å². The highest BCUT2D eigenvalue weighted by Crippen LogP contribution is 2.27. The molecule has 2 aromatic rings. The monoisotopic (exact) mass is 429 g/mol. The van der Waals surface area contributed by atoms with Crippen molar-refractivity contribution in [1.82, 2.24) is 20.8 Å². The highest BCUT2D eigenvalue weighted by molar-refractivity contribution is 14.0. The summed E-state index contributed by atoms with van der Waals surface area (Å²) in [6.45, 7) is 2.90. The van der Waals surface area contributed by atoms with E-state index in [2.05, 4.69) is 31.8 Å². The molecule has 0 saturated carbocycles. The van der Waals surface area contributed by atoms with Crippen molar-refractivity contribution in [3.05, 3.63) is 41.5 Å². The van der Waals surface area contributed by atoms with Gasteiger partial charge >= 0.3 is 0 Å². The number of hydrogen-bond donors (Lipinski definition) is 2. The highest BCUT2D eigenvalue weighted by atomic mass is 127. The lowest BCUT2D eigenvalue weighted by Gasteiger charge is -2.14. The van der Waals surface area contributed by atoms with Crippen LogP contribution in [-0.4, -0.2) is 35.8 Å². The smallest absolute Gasteiger partial charge is 0.223 e. The van der Waals surface area contributed by atoms with Gasteiger partial charge in [-0.25, -0.2) is 0 Å². The lowest BCUT2D eigenvalue weighted by atomic mass is 10.1. The van der Waals surface area contributed by atoms with Gasteiger partial charge in [-0.15, -0.1) is 24.0 Å². The average molecular weight is 429 g/mol. The summed E-state index contributed by atoms with van der Waals surface area (Å²) in [5.41, 5.74) is 1.25. The van der Waals surface area contributed by atoms with E-state index in [0.717, 1.165) is 12.2 Å². The summed E-state index contributed by atoms with van der Waals surface area (Å²) in [5.74, 6) is 2.81. The van der Waals surface area contributed by atoms with Gasteiger partial charge in [0.1, 0.15) is 11.9 Å². The van der Waals surface area contributed by atoms with E-state index in [1.54, 1.807) is 14.0 Å². The van der Waals surface area contributed by atoms with Gasteiger partial charge in [-0.1, -0.05) is 23.4 Å². The summed E-state index contributed by atoms with van der Waals surface area (Å²) in [6, 6.07) is 8.12. The molecule has 0 fully saturated rings. The van der Waals surface area contributed by atoms with Crippen molar-refractivity contribution in [1.29, 1.82) is 0 Å². The Labute approximate surface area is 151 Å². The van der Waals surface area contributed by atoms with Crippen LogP contribution >= 0.6 is 24.0 Å². The lowest BCUT2D eigenvalue weighted by molar-refractivity contribution is 0.235. The third kappa shape index (κ3) is 4.57. The van der Waals surface area contributed by atoms with Gasteiger partial charge in [0.05, 0.1) is 13.1 Å². The number of ether oxygens (including phenoxy) is 1. The minimum absolute atomic E-state index is 0. The maximum Gasteiger partial charge on any atom is 0.223 e. The molecule has 8 heteroatoms. The molecule has 0 spiro atoms. The first-order valence-electron chi connectivity index (χ1n) is 7.23. The fraction of sp³-hybridized carbons (Fsp3) is 0.400. The number of aromatic nitrogens is 2. The molecule has 1 aromatic carbocycles. The normalized spacial score (nSPS) is 16.3. The number of nitrogens with zero attached hydrogens (tertiary/aromatic N) is 3. The number of halogens is 1. The van der Waals surface area contributed by atoms with Crippen molar-refractivity contribution < 1.29 is 9.26 Å². The van der Waals surface area contributed by atoms with Crippen LogP contribution in [0.1, 0.15) is 17.3 Å². The third-order valence-corrected chi connectivity index (χ3v) is 3.42. The predicted molar refractivity (Wildman–Crippen MR) is 97.2 cm³/mol. The summed E-state index contributed by atoms with van der Waals surface area (Å²) < 4.78 is 10.8. The molecule has 2 N–H and O–H groups in total. The number of aliphatic imine (C=N–C) groups is 1. The van der Waals surface area contributed by atoms with E-state index >= 15 is 0 Å². The van der Waals surface area contributed by atoms with Gasteiger partial charge in [-0.3, -0.25) is 4.99 Å². The van der Waals surface area contributed by atoms with Crippen LogP contribution in [0.3, 0.4) is 0 Å². The zero-order chi connectivity index (χ0) is 15.4. The van der Waals surface area contributed by atoms with Crippen LogP contribution < -0.4 is 15.4 Å². The first-order valence-corrected chi connectivity index (χ1v) is 7.23. The average Bonchev–Trinajstić information content (AvgIpc) is 3.13. The summed E-state index contributed by atoms with van der Waals surface area (Å²) in [4.78, 5) is 8.31. The first-order chi connectivity index (χ1) is 10.7. The topological polar surface area (TPSA) is 84.6 Å². The molecule has 1 aliphatic heterocycles. The lowest BCUT2D eigenvalue weighted by Crippen LogP contribution is -2.42. The number of hydrogen-bond acceptors (Lipinski definition) is 5. The van der Waals surface area contributed by atoms with Crippen LogP contribution in [0.2, 0.25) is 0 Å². The zero-order valence-electron chi connectivity index (χ0n) is 13.1. The Morgan fingerprint density at radius 3 is 2.87 bits per heavy atom. The Bertz CT molecular complexity index is 648. The Morgan fingerprint density at radius 2 is 2.17 bits per heavy atom. The minimum atomic E-state index is 0. The molecule has 0 amide bonds. The van der Waals surface area contributed by atoms with Crippen molar-refractivity contribution in [2.45, 2.75) is 26.0 Å². The summed E-state index contributed by atoms with van der Waals surface area (Å²) in [7, 11) is 1.72. The molecule has 0 bridgehead atoms. The molecular weight excluding hydrogens is 409 g/mol. The molecule has 2 heterocycles. The van der Waals surface area contributed by atoms with Crippen molar-refractivity contribution in [3.8, 4) is 5.75 Å². The summed E-state index contributed by atoms with van der Waals surface area (Å²) >= 11 is 0. The first kappa shape index (κ1) is 17.5. The number of nitrogens with one attached hydrogen (secondary N) is 2. The molecule has 0 radical (unpaired) electrons. The molecule has 0 aliphatic carbocycles. The molecule has 0 saturated heterocycles. The second-order valence-corrected chi connectivity index (χ2v) is 5.09. The molecule has 124 valence electrons. The maximum atomic E-state index is 5.88. The van der Waals surface area contributed by atoms with Gasteiger partial charge in [0, 0.05) is 20.4 Å². The van der Waals surface area contributed by atoms with E-state index < -0.39 is 0 Å². The second-order valence-electron chi connectivity index (χ2n) is 5.09. The standard InChI is InChI=1S/C15H19N5O2.HI/c1-10-19-14(20-22-10)9-18-15(16-2)17-8-12-7-11-5-3-4-6-13(11)21-12;/h3-6,12H,7-9H2,1-2H3,(H2,16,17,18);1H. The maximum absolute atomic E-state index is 5.88. The number of para-hydroxylation sites is 1. The molecule has 7 nitrogen and oxygen atoms in total. The molecule has 3 rings (SSSR count). The Kier molecular flexibility index (Phi) is 6.20. The fourth-order valence-electron chi connectivity index (χ4n) is 2.37. The van der Waals surface area contributed by atoms with E-state index in [-0.39, 0.29) is 30.1 Å². The molecule has 23 heavy (non-hydrogen) atoms. The van der Waals surface area contributed by atoms with Gasteiger partial charge in [0.15, 0.2) is 11.8 Å². The fourth-order valence-corrected chi connectivity index (χ4v) is 2.37. The molecular formula is C15H20IN5O2. The van der Waals surface area contributed by atoms with Crippen LogP contribution in [0.15, 0.2) is 33.8 Å². The van der Waals surface area contributed by atoms with E-state index in [1.165, 1.54) is 5.56 Å². The minimum Gasteiger partial charge on any atom is -0.488 e. The Balaban J connectivity index is 0.00000192. The number of aryl methyl sites for hydroxylation is 1. The van der Waals surface area contributed by atoms with Crippen molar-refractivity contribution >= 4 is 29.9 Å². The van der Waals surface area contributed by atoms with Gasteiger partial charge in [-0.2, -0.15) is 4.98 Å². The second kappa shape index (κ2) is 8.14. The van der Waals surface area contributed by atoms with E-state index in [0.29, 0.717) is 30.8 Å². The van der Waals surface area contributed by atoms with Crippen LogP contribution in [0.4, 0.5) is 0 Å². The Morgan fingerprint density at radius 1 is 1.35 bits per heavy atom. The van der Waals surface area contributed by atoms with Gasteiger partial charge in [-0.05, 0) is 11.6 Å². The number of fused-ring (bicyclic) bond motifs is 1. The van der Waals surface area contributed by atoms with Gasteiger partial charge in [0.2, 0.25) is 5.89 Å². The van der Waals surface area contributed by atoms with Crippen LogP contribution in [0.25, 0.3) is 0 Å². The summed E-state index contributed by atoms with van der Waals surface area (Å²) in [5, 5.41) is 10.2. The predicted octanol–water partition coefficient (Wildman–Crippen LogP) is 1.66. The van der Waals surface area contributed by atoms with Crippen LogP contribution in [0.5, 0.6) is 5.75 Å². The van der Waals surface area contributed by atoms with Crippen molar-refractivity contribution in [2.24, 2.45) is 4.99 Å². The van der Waals surface area contributed by atoms with Crippen molar-refractivity contribution in [3.63, 3.8) is 0 Å². The van der Waals surface area contributed by atoms with Gasteiger partial charge in [0.25, 0.3) is 0 Å². The van der Waals surface area contributed by atoms with Crippen LogP contribution in [-0.2, 0) is 13.0 Å². The summed E-state index contributed by atoms with van der Waals surface area (Å²) in [6.07, 6.45) is 1.02. The van der Waals surface area contributed by atoms with Crippen LogP contribution in [0, 0.1) is 6.92 Å². The van der Waals surface area contributed by atoms with E-state index in [4.69, 9.17) is 9.26 Å². The quantitative estimate of drug-likeness (QED) is 0.437. The highest BCUT2D eigenvalue weighted by Gasteiger charge is 2.22. The molecule has 1 aliphatic rings. The third-order valence-electron chi connectivity index (χ3n) is 3.42. The molecule has 1 atom stereocenters. The largest absolute Gasteiger partial charge is 0.488 e. The Hall–Kier alpha value is -1.84. The number of benzene rings is 1. The SMILES string of the molecule is CN=C(NCc1noc(C)n1)NCC1Cc2ccccc2O1.I. The zero-order valence-corrected chi connectivity index (χ0v) is 15.4.